The highest BCUT2D eigenvalue weighted by molar-refractivity contribution is 9.10. The molecule has 1 unspecified atom stereocenters. The lowest BCUT2D eigenvalue weighted by molar-refractivity contribution is 0.0364. The molecule has 2 aromatic rings. The van der Waals surface area contributed by atoms with Crippen LogP contribution < -0.4 is 0 Å². The molecule has 1 aliphatic rings. The third-order valence-electron chi connectivity index (χ3n) is 3.68. The Balaban J connectivity index is 1.86. The van der Waals surface area contributed by atoms with E-state index >= 15 is 0 Å². The van der Waals surface area contributed by atoms with Crippen molar-refractivity contribution in [1.82, 2.24) is 19.4 Å². The van der Waals surface area contributed by atoms with Gasteiger partial charge >= 0.3 is 0 Å². The van der Waals surface area contributed by atoms with E-state index in [1.807, 2.05) is 13.0 Å². The molecule has 0 bridgehead atoms. The van der Waals surface area contributed by atoms with Crippen molar-refractivity contribution in [2.24, 2.45) is 0 Å². The number of pyridine rings is 1. The number of aromatic nitrogens is 3. The maximum atomic E-state index is 6.28. The molecule has 0 amide bonds. The van der Waals surface area contributed by atoms with Crippen LogP contribution in [0.25, 0.3) is 11.2 Å². The van der Waals surface area contributed by atoms with Crippen LogP contribution >= 0.6 is 27.5 Å². The van der Waals surface area contributed by atoms with Crippen molar-refractivity contribution < 1.29 is 4.74 Å². The van der Waals surface area contributed by atoms with Crippen LogP contribution in [0.1, 0.15) is 18.1 Å². The van der Waals surface area contributed by atoms with Crippen LogP contribution in [0.5, 0.6) is 0 Å². The van der Waals surface area contributed by atoms with E-state index in [2.05, 4.69) is 35.4 Å². The molecule has 114 valence electrons. The Morgan fingerprint density at radius 2 is 2.14 bits per heavy atom. The number of ether oxygens (including phenoxy) is 1. The molecule has 1 atom stereocenters. The van der Waals surface area contributed by atoms with Gasteiger partial charge in [0.05, 0.1) is 18.6 Å². The van der Waals surface area contributed by atoms with Crippen LogP contribution in [-0.4, -0.2) is 52.3 Å². The standard InChI is InChI=1S/C14H18BrClN4O/c1-10(16)13-18-12-8-11(15)9-17-14(12)20(13)3-2-19-4-6-21-7-5-19/h8-10H,2-7H2,1H3. The molecular weight excluding hydrogens is 356 g/mol. The van der Waals surface area contributed by atoms with Crippen molar-refractivity contribution in [2.75, 3.05) is 32.8 Å². The van der Waals surface area contributed by atoms with Gasteiger partial charge in [0.25, 0.3) is 0 Å². The largest absolute Gasteiger partial charge is 0.379 e. The summed E-state index contributed by atoms with van der Waals surface area (Å²) in [6.45, 7) is 7.35. The zero-order valence-electron chi connectivity index (χ0n) is 11.9. The number of nitrogens with zero attached hydrogens (tertiary/aromatic N) is 4. The SMILES string of the molecule is CC(Cl)c1nc2cc(Br)cnc2n1CCN1CCOCC1. The van der Waals surface area contributed by atoms with Gasteiger partial charge in [-0.05, 0) is 28.9 Å². The van der Waals surface area contributed by atoms with E-state index in [4.69, 9.17) is 16.3 Å². The summed E-state index contributed by atoms with van der Waals surface area (Å²) in [5, 5.41) is -0.136. The van der Waals surface area contributed by atoms with Crippen LogP contribution in [0.15, 0.2) is 16.7 Å². The number of morpholine rings is 1. The molecule has 0 aromatic carbocycles. The highest BCUT2D eigenvalue weighted by atomic mass is 79.9. The van der Waals surface area contributed by atoms with Gasteiger partial charge < -0.3 is 9.30 Å². The number of hydrogen-bond donors (Lipinski definition) is 0. The second kappa shape index (κ2) is 6.60. The fourth-order valence-electron chi connectivity index (χ4n) is 2.59. The van der Waals surface area contributed by atoms with Gasteiger partial charge in [-0.25, -0.2) is 9.97 Å². The second-order valence-corrected chi connectivity index (χ2v) is 6.76. The molecule has 0 N–H and O–H groups in total. The van der Waals surface area contributed by atoms with Gasteiger partial charge in [0.2, 0.25) is 0 Å². The number of imidazole rings is 1. The zero-order chi connectivity index (χ0) is 14.8. The molecular formula is C14H18BrClN4O. The summed E-state index contributed by atoms with van der Waals surface area (Å²) in [6.07, 6.45) is 1.80. The average molecular weight is 374 g/mol. The average Bonchev–Trinajstić information content (AvgIpc) is 2.84. The van der Waals surface area contributed by atoms with Gasteiger partial charge in [-0.2, -0.15) is 0 Å². The van der Waals surface area contributed by atoms with Gasteiger partial charge in [0.1, 0.15) is 11.3 Å². The first-order chi connectivity index (χ1) is 10.1. The van der Waals surface area contributed by atoms with Gasteiger partial charge in [-0.15, -0.1) is 11.6 Å². The summed E-state index contributed by atoms with van der Waals surface area (Å²) in [7, 11) is 0. The Morgan fingerprint density at radius 1 is 1.38 bits per heavy atom. The molecule has 1 saturated heterocycles. The molecule has 21 heavy (non-hydrogen) atoms. The van der Waals surface area contributed by atoms with E-state index < -0.39 is 0 Å². The minimum atomic E-state index is -0.136. The van der Waals surface area contributed by atoms with Crippen molar-refractivity contribution in [2.45, 2.75) is 18.8 Å². The normalized spacial score (nSPS) is 18.2. The molecule has 1 aliphatic heterocycles. The third-order valence-corrected chi connectivity index (χ3v) is 4.31. The summed E-state index contributed by atoms with van der Waals surface area (Å²) in [4.78, 5) is 11.5. The Labute approximate surface area is 137 Å². The number of rotatable bonds is 4. The van der Waals surface area contributed by atoms with E-state index in [-0.39, 0.29) is 5.38 Å². The van der Waals surface area contributed by atoms with Crippen LogP contribution in [0.3, 0.4) is 0 Å². The Morgan fingerprint density at radius 3 is 2.86 bits per heavy atom. The maximum absolute atomic E-state index is 6.28. The van der Waals surface area contributed by atoms with Crippen molar-refractivity contribution in [1.29, 1.82) is 0 Å². The first-order valence-corrected chi connectivity index (χ1v) is 8.34. The molecule has 5 nitrogen and oxygen atoms in total. The van der Waals surface area contributed by atoms with Crippen molar-refractivity contribution in [3.05, 3.63) is 22.6 Å². The molecule has 3 heterocycles. The van der Waals surface area contributed by atoms with Crippen LogP contribution in [0.2, 0.25) is 0 Å². The van der Waals surface area contributed by atoms with Gasteiger partial charge in [-0.1, -0.05) is 0 Å². The topological polar surface area (TPSA) is 43.2 Å². The molecule has 0 radical (unpaired) electrons. The first kappa shape index (κ1) is 15.2. The Bertz CT molecular complexity index is 625. The minimum absolute atomic E-state index is 0.136. The van der Waals surface area contributed by atoms with Crippen LogP contribution in [0.4, 0.5) is 0 Å². The molecule has 0 spiro atoms. The fraction of sp³-hybridized carbons (Fsp3) is 0.571. The number of hydrogen-bond acceptors (Lipinski definition) is 4. The highest BCUT2D eigenvalue weighted by Crippen LogP contribution is 2.25. The molecule has 7 heteroatoms. The van der Waals surface area contributed by atoms with Gasteiger partial charge in [0, 0.05) is 36.8 Å². The van der Waals surface area contributed by atoms with Crippen molar-refractivity contribution in [3.63, 3.8) is 0 Å². The van der Waals surface area contributed by atoms with Gasteiger partial charge in [-0.3, -0.25) is 4.90 Å². The van der Waals surface area contributed by atoms with E-state index in [0.29, 0.717) is 0 Å². The van der Waals surface area contributed by atoms with Crippen LogP contribution in [0, 0.1) is 0 Å². The zero-order valence-corrected chi connectivity index (χ0v) is 14.3. The predicted molar refractivity (Wildman–Crippen MR) is 86.8 cm³/mol. The number of fused-ring (bicyclic) bond motifs is 1. The Kier molecular flexibility index (Phi) is 4.78. The summed E-state index contributed by atoms with van der Waals surface area (Å²) < 4.78 is 8.45. The molecule has 0 aliphatic carbocycles. The lowest BCUT2D eigenvalue weighted by Crippen LogP contribution is -2.38. The molecule has 0 saturated carbocycles. The first-order valence-electron chi connectivity index (χ1n) is 7.11. The summed E-state index contributed by atoms with van der Waals surface area (Å²) in [5.41, 5.74) is 1.78. The molecule has 1 fully saturated rings. The number of alkyl halides is 1. The lowest BCUT2D eigenvalue weighted by Gasteiger charge is -2.27. The maximum Gasteiger partial charge on any atom is 0.160 e. The quantitative estimate of drug-likeness (QED) is 0.773. The van der Waals surface area contributed by atoms with Crippen molar-refractivity contribution >= 4 is 38.7 Å². The number of halogens is 2. The van der Waals surface area contributed by atoms with E-state index in [1.54, 1.807) is 6.20 Å². The fourth-order valence-corrected chi connectivity index (χ4v) is 3.08. The van der Waals surface area contributed by atoms with Gasteiger partial charge in [0.15, 0.2) is 5.65 Å². The predicted octanol–water partition coefficient (Wildman–Crippen LogP) is 2.83. The lowest BCUT2D eigenvalue weighted by atomic mass is 10.4. The molecule has 2 aromatic heterocycles. The third kappa shape index (κ3) is 3.39. The smallest absolute Gasteiger partial charge is 0.160 e. The Hall–Kier alpha value is -0.690. The highest BCUT2D eigenvalue weighted by Gasteiger charge is 2.17. The van der Waals surface area contributed by atoms with E-state index in [1.165, 1.54) is 0 Å². The van der Waals surface area contributed by atoms with E-state index in [0.717, 1.165) is 60.9 Å². The minimum Gasteiger partial charge on any atom is -0.379 e. The monoisotopic (exact) mass is 372 g/mol. The van der Waals surface area contributed by atoms with Crippen LogP contribution in [-0.2, 0) is 11.3 Å². The molecule has 3 rings (SSSR count). The second-order valence-electron chi connectivity index (χ2n) is 5.19. The van der Waals surface area contributed by atoms with Crippen molar-refractivity contribution in [3.8, 4) is 0 Å². The summed E-state index contributed by atoms with van der Waals surface area (Å²) in [6, 6.07) is 1.98. The summed E-state index contributed by atoms with van der Waals surface area (Å²) >= 11 is 9.72. The summed E-state index contributed by atoms with van der Waals surface area (Å²) in [5.74, 6) is 0.880. The van der Waals surface area contributed by atoms with E-state index in [9.17, 15) is 0 Å².